The first-order chi connectivity index (χ1) is 8.18. The second kappa shape index (κ2) is 6.06. The SMILES string of the molecule is O=C(NC1O[C@H](CO)[C@H](O)[C@H](O)[C@H]1O)C(Cl)(Cl)Cl. The number of hydrogen-bond donors (Lipinski definition) is 5. The van der Waals surface area contributed by atoms with E-state index >= 15 is 0 Å². The average Bonchev–Trinajstić information content (AvgIpc) is 2.28. The number of nitrogens with one attached hydrogen (secondary N) is 1. The zero-order valence-corrected chi connectivity index (χ0v) is 11.1. The van der Waals surface area contributed by atoms with Gasteiger partial charge < -0.3 is 30.5 Å². The summed E-state index contributed by atoms with van der Waals surface area (Å²) in [5.41, 5.74) is 0. The zero-order chi connectivity index (χ0) is 14.1. The summed E-state index contributed by atoms with van der Waals surface area (Å²) in [5, 5.41) is 39.4. The molecule has 0 radical (unpaired) electrons. The third-order valence-electron chi connectivity index (χ3n) is 2.42. The standard InChI is InChI=1S/C8H12Cl3NO6/c9-8(10,11)7(17)12-6-5(16)4(15)3(14)2(1-13)18-6/h2-6,13-16H,1H2,(H,12,17)/t2-,3+,4+,5-,6?/m1/s1. The number of hydrogen-bond acceptors (Lipinski definition) is 6. The van der Waals surface area contributed by atoms with Crippen LogP contribution in [-0.4, -0.2) is 67.4 Å². The number of aliphatic hydroxyl groups excluding tert-OH is 4. The first-order valence-electron chi connectivity index (χ1n) is 4.86. The second-order valence-electron chi connectivity index (χ2n) is 3.72. The van der Waals surface area contributed by atoms with Gasteiger partial charge in [-0.2, -0.15) is 0 Å². The molecular formula is C8H12Cl3NO6. The van der Waals surface area contributed by atoms with Crippen LogP contribution in [0.25, 0.3) is 0 Å². The fourth-order valence-electron chi connectivity index (χ4n) is 1.43. The van der Waals surface area contributed by atoms with Gasteiger partial charge in [-0.25, -0.2) is 0 Å². The van der Waals surface area contributed by atoms with E-state index in [2.05, 4.69) is 0 Å². The third-order valence-corrected chi connectivity index (χ3v) is 2.94. The molecule has 106 valence electrons. The molecule has 0 aliphatic carbocycles. The van der Waals surface area contributed by atoms with Crippen LogP contribution in [0, 0.1) is 0 Å². The lowest BCUT2D eigenvalue weighted by Crippen LogP contribution is -2.64. The molecule has 18 heavy (non-hydrogen) atoms. The molecule has 1 rings (SSSR count). The summed E-state index contributed by atoms with van der Waals surface area (Å²) in [5.74, 6) is -1.07. The summed E-state index contributed by atoms with van der Waals surface area (Å²) in [6.45, 7) is -0.620. The van der Waals surface area contributed by atoms with Crippen molar-refractivity contribution in [2.24, 2.45) is 0 Å². The van der Waals surface area contributed by atoms with Crippen molar-refractivity contribution >= 4 is 40.7 Å². The minimum atomic E-state index is -2.27. The quantitative estimate of drug-likeness (QED) is 0.385. The lowest BCUT2D eigenvalue weighted by atomic mass is 9.98. The molecule has 0 bridgehead atoms. The molecule has 5 N–H and O–H groups in total. The second-order valence-corrected chi connectivity index (χ2v) is 6.00. The highest BCUT2D eigenvalue weighted by Gasteiger charge is 2.45. The number of alkyl halides is 3. The van der Waals surface area contributed by atoms with Gasteiger partial charge in [0.25, 0.3) is 9.70 Å². The Kier molecular flexibility index (Phi) is 5.45. The van der Waals surface area contributed by atoms with E-state index in [9.17, 15) is 20.1 Å². The van der Waals surface area contributed by atoms with E-state index in [-0.39, 0.29) is 0 Å². The maximum atomic E-state index is 11.4. The smallest absolute Gasteiger partial charge is 0.274 e. The van der Waals surface area contributed by atoms with Crippen molar-refractivity contribution in [3.05, 3.63) is 0 Å². The monoisotopic (exact) mass is 323 g/mol. The summed E-state index contributed by atoms with van der Waals surface area (Å²) < 4.78 is 2.71. The predicted molar refractivity (Wildman–Crippen MR) is 62.2 cm³/mol. The lowest BCUT2D eigenvalue weighted by molar-refractivity contribution is -0.235. The average molecular weight is 325 g/mol. The van der Waals surface area contributed by atoms with Gasteiger partial charge in [-0.15, -0.1) is 0 Å². The minimum absolute atomic E-state index is 0.620. The maximum Gasteiger partial charge on any atom is 0.274 e. The van der Waals surface area contributed by atoms with Crippen molar-refractivity contribution in [3.8, 4) is 0 Å². The number of carbonyl (C=O) groups excluding carboxylic acids is 1. The fourth-order valence-corrected chi connectivity index (χ4v) is 1.60. The van der Waals surface area contributed by atoms with Gasteiger partial charge in [-0.3, -0.25) is 4.79 Å². The Morgan fingerprint density at radius 2 is 1.72 bits per heavy atom. The molecule has 10 heteroatoms. The van der Waals surface area contributed by atoms with Crippen LogP contribution in [0.15, 0.2) is 0 Å². The van der Waals surface area contributed by atoms with E-state index in [0.29, 0.717) is 0 Å². The molecule has 0 saturated carbocycles. The van der Waals surface area contributed by atoms with Crippen molar-refractivity contribution < 1.29 is 30.0 Å². The van der Waals surface area contributed by atoms with Gasteiger partial charge >= 0.3 is 0 Å². The molecule has 5 atom stereocenters. The predicted octanol–water partition coefficient (Wildman–Crippen LogP) is -1.73. The number of ether oxygens (including phenoxy) is 1. The summed E-state index contributed by atoms with van der Waals surface area (Å²) in [7, 11) is 0. The van der Waals surface area contributed by atoms with Gasteiger partial charge in [0.05, 0.1) is 6.61 Å². The summed E-state index contributed by atoms with van der Waals surface area (Å²) >= 11 is 15.9. The van der Waals surface area contributed by atoms with Gasteiger partial charge in [0.15, 0.2) is 6.23 Å². The van der Waals surface area contributed by atoms with E-state index < -0.39 is 47.0 Å². The van der Waals surface area contributed by atoms with Crippen LogP contribution in [0.2, 0.25) is 0 Å². The molecular weight excluding hydrogens is 312 g/mol. The third kappa shape index (κ3) is 3.58. The van der Waals surface area contributed by atoms with Crippen LogP contribution >= 0.6 is 34.8 Å². The van der Waals surface area contributed by atoms with Crippen LogP contribution in [0.3, 0.4) is 0 Å². The van der Waals surface area contributed by atoms with Gasteiger partial charge in [0.1, 0.15) is 24.4 Å². The van der Waals surface area contributed by atoms with Crippen molar-refractivity contribution in [1.29, 1.82) is 0 Å². The van der Waals surface area contributed by atoms with Crippen LogP contribution in [-0.2, 0) is 9.53 Å². The molecule has 1 saturated heterocycles. The highest BCUT2D eigenvalue weighted by atomic mass is 35.6. The highest BCUT2D eigenvalue weighted by Crippen LogP contribution is 2.27. The number of rotatable bonds is 2. The Labute approximate surface area is 117 Å². The van der Waals surface area contributed by atoms with Gasteiger partial charge in [0, 0.05) is 0 Å². The first kappa shape index (κ1) is 16.2. The van der Waals surface area contributed by atoms with E-state index in [0.717, 1.165) is 0 Å². The number of halogens is 3. The number of carbonyl (C=O) groups is 1. The van der Waals surface area contributed by atoms with E-state index in [1.807, 2.05) is 5.32 Å². The molecule has 1 amide bonds. The maximum absolute atomic E-state index is 11.4. The Morgan fingerprint density at radius 1 is 1.17 bits per heavy atom. The summed E-state index contributed by atoms with van der Waals surface area (Å²) in [6.07, 6.45) is -7.32. The van der Waals surface area contributed by atoms with E-state index in [4.69, 9.17) is 44.6 Å². The number of aliphatic hydroxyl groups is 4. The Morgan fingerprint density at radius 3 is 2.17 bits per heavy atom. The molecule has 0 spiro atoms. The highest BCUT2D eigenvalue weighted by molar-refractivity contribution is 6.76. The lowest BCUT2D eigenvalue weighted by Gasteiger charge is -2.40. The molecule has 0 aromatic rings. The summed E-state index contributed by atoms with van der Waals surface area (Å²) in [6, 6.07) is 0. The molecule has 1 unspecified atom stereocenters. The van der Waals surface area contributed by atoms with E-state index in [1.54, 1.807) is 0 Å². The molecule has 7 nitrogen and oxygen atoms in total. The van der Waals surface area contributed by atoms with E-state index in [1.165, 1.54) is 0 Å². The molecule has 1 heterocycles. The minimum Gasteiger partial charge on any atom is -0.394 e. The molecule has 1 fully saturated rings. The van der Waals surface area contributed by atoms with Gasteiger partial charge in [-0.05, 0) is 0 Å². The Bertz CT molecular complexity index is 310. The topological polar surface area (TPSA) is 119 Å². The van der Waals surface area contributed by atoms with Crippen LogP contribution in [0.4, 0.5) is 0 Å². The zero-order valence-electron chi connectivity index (χ0n) is 8.83. The first-order valence-corrected chi connectivity index (χ1v) is 6.00. The van der Waals surface area contributed by atoms with Gasteiger partial charge in [0.2, 0.25) is 0 Å². The van der Waals surface area contributed by atoms with Crippen LogP contribution in [0.1, 0.15) is 0 Å². The van der Waals surface area contributed by atoms with Crippen LogP contribution < -0.4 is 5.32 Å². The van der Waals surface area contributed by atoms with Crippen molar-refractivity contribution in [2.75, 3.05) is 6.61 Å². The van der Waals surface area contributed by atoms with Crippen LogP contribution in [0.5, 0.6) is 0 Å². The molecule has 0 aromatic heterocycles. The normalized spacial score (nSPS) is 37.4. The van der Waals surface area contributed by atoms with Crippen molar-refractivity contribution in [3.63, 3.8) is 0 Å². The van der Waals surface area contributed by atoms with Gasteiger partial charge in [-0.1, -0.05) is 34.8 Å². The Balaban J connectivity index is 2.74. The largest absolute Gasteiger partial charge is 0.394 e. The van der Waals surface area contributed by atoms with Crippen molar-refractivity contribution in [2.45, 2.75) is 34.4 Å². The number of amides is 1. The summed E-state index contributed by atoms with van der Waals surface area (Å²) in [4.78, 5) is 11.4. The molecule has 0 aromatic carbocycles. The Hall–Kier alpha value is 0.140. The molecule has 1 aliphatic heterocycles. The fraction of sp³-hybridized carbons (Fsp3) is 0.875. The molecule has 1 aliphatic rings. The van der Waals surface area contributed by atoms with Crippen molar-refractivity contribution in [1.82, 2.24) is 5.32 Å².